The molecule has 0 aromatic heterocycles. The van der Waals surface area contributed by atoms with Crippen LogP contribution in [-0.4, -0.2) is 5.97 Å². The summed E-state index contributed by atoms with van der Waals surface area (Å²) in [6.45, 7) is 0. The van der Waals surface area contributed by atoms with Crippen LogP contribution in [0.3, 0.4) is 0 Å². The van der Waals surface area contributed by atoms with E-state index in [9.17, 15) is 9.18 Å². The maximum absolute atomic E-state index is 13.3. The summed E-state index contributed by atoms with van der Waals surface area (Å²) in [4.78, 5) is 12.1. The largest absolute Gasteiger partial charge is 0.426 e. The third kappa shape index (κ3) is 4.41. The molecule has 0 atom stereocenters. The summed E-state index contributed by atoms with van der Waals surface area (Å²) in [7, 11) is 0. The molecule has 1 fully saturated rings. The van der Waals surface area contributed by atoms with Gasteiger partial charge in [-0.15, -0.1) is 0 Å². The van der Waals surface area contributed by atoms with Crippen LogP contribution in [0.15, 0.2) is 48.5 Å². The summed E-state index contributed by atoms with van der Waals surface area (Å²) in [5.41, 5.74) is 1.61. The molecule has 0 unspecified atom stereocenters. The van der Waals surface area contributed by atoms with Gasteiger partial charge in [0, 0.05) is 6.42 Å². The Morgan fingerprint density at radius 3 is 2.43 bits per heavy atom. The quantitative estimate of drug-likeness (QED) is 0.560. The molecule has 120 valence electrons. The fourth-order valence-electron chi connectivity index (χ4n) is 3.21. The lowest BCUT2D eigenvalue weighted by atomic mass is 9.87. The number of hydrogen-bond donors (Lipinski definition) is 0. The number of carbonyl (C=O) groups excluding carboxylic acids is 1. The fraction of sp³-hybridized carbons (Fsp3) is 0.350. The molecule has 0 heterocycles. The van der Waals surface area contributed by atoms with E-state index >= 15 is 0 Å². The minimum absolute atomic E-state index is 0.173. The van der Waals surface area contributed by atoms with E-state index in [0.717, 1.165) is 24.0 Å². The van der Waals surface area contributed by atoms with Crippen LogP contribution < -0.4 is 4.74 Å². The topological polar surface area (TPSA) is 26.3 Å². The van der Waals surface area contributed by atoms with Gasteiger partial charge in [-0.1, -0.05) is 43.5 Å². The molecule has 1 saturated carbocycles. The van der Waals surface area contributed by atoms with Crippen LogP contribution in [0.25, 0.3) is 11.1 Å². The van der Waals surface area contributed by atoms with E-state index in [-0.39, 0.29) is 11.8 Å². The highest BCUT2D eigenvalue weighted by atomic mass is 19.1. The molecule has 3 heteroatoms. The zero-order valence-electron chi connectivity index (χ0n) is 13.1. The Morgan fingerprint density at radius 1 is 1.00 bits per heavy atom. The SMILES string of the molecule is O=C(CC1CCCCC1)Oc1cccc(-c2cccc(F)c2)c1. The van der Waals surface area contributed by atoms with Crippen molar-refractivity contribution in [2.75, 3.05) is 0 Å². The van der Waals surface area contributed by atoms with Gasteiger partial charge in [-0.05, 0) is 54.2 Å². The highest BCUT2D eigenvalue weighted by Crippen LogP contribution is 2.28. The molecule has 0 amide bonds. The second-order valence-electron chi connectivity index (χ2n) is 6.22. The normalized spacial score (nSPS) is 15.3. The lowest BCUT2D eigenvalue weighted by molar-refractivity contribution is -0.135. The van der Waals surface area contributed by atoms with Crippen molar-refractivity contribution in [2.24, 2.45) is 5.92 Å². The maximum Gasteiger partial charge on any atom is 0.311 e. The van der Waals surface area contributed by atoms with E-state index < -0.39 is 0 Å². The van der Waals surface area contributed by atoms with Gasteiger partial charge in [-0.25, -0.2) is 4.39 Å². The third-order valence-corrected chi connectivity index (χ3v) is 4.40. The molecule has 2 nitrogen and oxygen atoms in total. The fourth-order valence-corrected chi connectivity index (χ4v) is 3.21. The molecule has 3 rings (SSSR count). The molecule has 0 radical (unpaired) electrons. The molecular formula is C20H21FO2. The summed E-state index contributed by atoms with van der Waals surface area (Å²) in [5, 5.41) is 0. The van der Waals surface area contributed by atoms with Crippen molar-refractivity contribution in [1.82, 2.24) is 0 Å². The molecule has 23 heavy (non-hydrogen) atoms. The Labute approximate surface area is 136 Å². The molecule has 1 aliphatic carbocycles. The Balaban J connectivity index is 1.66. The van der Waals surface area contributed by atoms with Gasteiger partial charge >= 0.3 is 5.97 Å². The predicted molar refractivity (Wildman–Crippen MR) is 88.7 cm³/mol. The molecule has 2 aromatic carbocycles. The van der Waals surface area contributed by atoms with Crippen LogP contribution in [0, 0.1) is 11.7 Å². The minimum Gasteiger partial charge on any atom is -0.426 e. The molecule has 1 aliphatic rings. The van der Waals surface area contributed by atoms with Gasteiger partial charge in [-0.3, -0.25) is 4.79 Å². The monoisotopic (exact) mass is 312 g/mol. The van der Waals surface area contributed by atoms with Crippen LogP contribution >= 0.6 is 0 Å². The average molecular weight is 312 g/mol. The maximum atomic E-state index is 13.3. The van der Waals surface area contributed by atoms with Crippen molar-refractivity contribution in [2.45, 2.75) is 38.5 Å². The first-order valence-corrected chi connectivity index (χ1v) is 8.27. The molecule has 0 bridgehead atoms. The summed E-state index contributed by atoms with van der Waals surface area (Å²) in [6.07, 6.45) is 6.45. The van der Waals surface area contributed by atoms with Gasteiger partial charge in [0.2, 0.25) is 0 Å². The zero-order valence-corrected chi connectivity index (χ0v) is 13.1. The van der Waals surface area contributed by atoms with Crippen molar-refractivity contribution >= 4 is 5.97 Å². The van der Waals surface area contributed by atoms with Crippen molar-refractivity contribution in [3.05, 3.63) is 54.3 Å². The van der Waals surface area contributed by atoms with Crippen molar-refractivity contribution in [3.8, 4) is 16.9 Å². The van der Waals surface area contributed by atoms with Gasteiger partial charge in [0.15, 0.2) is 0 Å². The van der Waals surface area contributed by atoms with Crippen molar-refractivity contribution in [3.63, 3.8) is 0 Å². The summed E-state index contributed by atoms with van der Waals surface area (Å²) in [5.74, 6) is 0.533. The second-order valence-corrected chi connectivity index (χ2v) is 6.22. The smallest absolute Gasteiger partial charge is 0.311 e. The van der Waals surface area contributed by atoms with Gasteiger partial charge in [0.1, 0.15) is 11.6 Å². The van der Waals surface area contributed by atoms with Crippen molar-refractivity contribution < 1.29 is 13.9 Å². The first-order valence-electron chi connectivity index (χ1n) is 8.27. The first kappa shape index (κ1) is 15.7. The minimum atomic E-state index is -0.276. The molecule has 0 spiro atoms. The average Bonchev–Trinajstić information content (AvgIpc) is 2.56. The predicted octanol–water partition coefficient (Wildman–Crippen LogP) is 5.37. The number of rotatable bonds is 4. The molecule has 2 aromatic rings. The Kier molecular flexibility index (Phi) is 5.06. The van der Waals surface area contributed by atoms with Crippen molar-refractivity contribution in [1.29, 1.82) is 0 Å². The number of carbonyl (C=O) groups is 1. The number of hydrogen-bond acceptors (Lipinski definition) is 2. The van der Waals surface area contributed by atoms with E-state index in [0.29, 0.717) is 18.1 Å². The molecular weight excluding hydrogens is 291 g/mol. The first-order chi connectivity index (χ1) is 11.2. The van der Waals surface area contributed by atoms with E-state index in [1.165, 1.54) is 31.4 Å². The summed E-state index contributed by atoms with van der Waals surface area (Å²) < 4.78 is 18.8. The van der Waals surface area contributed by atoms with Gasteiger partial charge in [0.05, 0.1) is 0 Å². The highest BCUT2D eigenvalue weighted by molar-refractivity contribution is 5.74. The van der Waals surface area contributed by atoms with Crippen LogP contribution in [0.5, 0.6) is 5.75 Å². The van der Waals surface area contributed by atoms with Crippen LogP contribution in [-0.2, 0) is 4.79 Å². The highest BCUT2D eigenvalue weighted by Gasteiger charge is 2.18. The molecule has 0 saturated heterocycles. The Morgan fingerprint density at radius 2 is 1.70 bits per heavy atom. The van der Waals surface area contributed by atoms with E-state index in [1.807, 2.05) is 18.2 Å². The van der Waals surface area contributed by atoms with Crippen LogP contribution in [0.2, 0.25) is 0 Å². The second kappa shape index (κ2) is 7.40. The standard InChI is InChI=1S/C20H21FO2/c21-18-10-4-8-16(13-18)17-9-5-11-19(14-17)23-20(22)12-15-6-2-1-3-7-15/h4-5,8-11,13-15H,1-3,6-7,12H2. The zero-order chi connectivity index (χ0) is 16.1. The van der Waals surface area contributed by atoms with Gasteiger partial charge in [-0.2, -0.15) is 0 Å². The Hall–Kier alpha value is -2.16. The number of halogens is 1. The van der Waals surface area contributed by atoms with Gasteiger partial charge < -0.3 is 4.74 Å². The number of ether oxygens (including phenoxy) is 1. The van der Waals surface area contributed by atoms with E-state index in [4.69, 9.17) is 4.74 Å². The summed E-state index contributed by atoms with van der Waals surface area (Å²) in [6, 6.07) is 13.7. The summed E-state index contributed by atoms with van der Waals surface area (Å²) >= 11 is 0. The molecule has 0 N–H and O–H groups in total. The van der Waals surface area contributed by atoms with E-state index in [2.05, 4.69) is 0 Å². The lowest BCUT2D eigenvalue weighted by Crippen LogP contribution is -2.16. The van der Waals surface area contributed by atoms with Gasteiger partial charge in [0.25, 0.3) is 0 Å². The van der Waals surface area contributed by atoms with E-state index in [1.54, 1.807) is 18.2 Å². The Bertz CT molecular complexity index is 675. The van der Waals surface area contributed by atoms with Crippen LogP contribution in [0.1, 0.15) is 38.5 Å². The van der Waals surface area contributed by atoms with Crippen LogP contribution in [0.4, 0.5) is 4.39 Å². The number of benzene rings is 2. The molecule has 0 aliphatic heterocycles. The number of esters is 1. The third-order valence-electron chi connectivity index (χ3n) is 4.40. The lowest BCUT2D eigenvalue weighted by Gasteiger charge is -2.20.